The Morgan fingerprint density at radius 2 is 1.76 bits per heavy atom. The van der Waals surface area contributed by atoms with Crippen molar-refractivity contribution >= 4 is 33.5 Å². The zero-order chi connectivity index (χ0) is 26.6. The monoisotopic (exact) mass is 522 g/mol. The number of amides is 3. The Morgan fingerprint density at radius 3 is 2.43 bits per heavy atom. The number of likely N-dealkylation sites (N-methyl/N-ethyl adjacent to an activating group) is 1. The van der Waals surface area contributed by atoms with Crippen LogP contribution in [0.25, 0.3) is 0 Å². The van der Waals surface area contributed by atoms with Crippen molar-refractivity contribution in [1.29, 1.82) is 0 Å². The first kappa shape index (κ1) is 26.0. The highest BCUT2D eigenvalue weighted by atomic mass is 32.2. The van der Waals surface area contributed by atoms with Crippen molar-refractivity contribution in [2.24, 2.45) is 0 Å². The summed E-state index contributed by atoms with van der Waals surface area (Å²) in [5.74, 6) is 0.246. The molecular formula is C27H30N4O5S. The molecule has 1 atom stereocenters. The summed E-state index contributed by atoms with van der Waals surface area (Å²) in [5, 5.41) is 2.58. The summed E-state index contributed by atoms with van der Waals surface area (Å²) < 4.78 is 34.6. The van der Waals surface area contributed by atoms with Gasteiger partial charge in [0, 0.05) is 25.7 Å². The molecule has 0 saturated heterocycles. The predicted molar refractivity (Wildman–Crippen MR) is 143 cm³/mol. The molecule has 37 heavy (non-hydrogen) atoms. The van der Waals surface area contributed by atoms with Crippen molar-refractivity contribution in [3.05, 3.63) is 89.5 Å². The molecule has 0 bridgehead atoms. The van der Waals surface area contributed by atoms with E-state index in [0.29, 0.717) is 23.5 Å². The van der Waals surface area contributed by atoms with Gasteiger partial charge in [0.2, 0.25) is 5.91 Å². The molecule has 0 saturated carbocycles. The zero-order valence-electron chi connectivity index (χ0n) is 21.0. The molecule has 3 aromatic carbocycles. The maximum absolute atomic E-state index is 13.4. The van der Waals surface area contributed by atoms with Crippen LogP contribution in [0.1, 0.15) is 16.7 Å². The standard InChI is InChI=1S/C27H30N4O5S/c1-19-9-14-25-21(17-19)15-16-31(25)37(34,35)29-27(33)28-24(18-20-7-5-4-6-8-20)26(32)30(2)22-10-12-23(36-3)13-11-22/h4-14,17,24H,15-16,18H2,1-3H3,(H2,28,29,33). The van der Waals surface area contributed by atoms with E-state index in [1.54, 1.807) is 44.5 Å². The van der Waals surface area contributed by atoms with Crippen LogP contribution in [0.15, 0.2) is 72.8 Å². The first-order valence-corrected chi connectivity index (χ1v) is 13.3. The predicted octanol–water partition coefficient (Wildman–Crippen LogP) is 3.18. The Hall–Kier alpha value is -4.05. The second-order valence-corrected chi connectivity index (χ2v) is 10.5. The summed E-state index contributed by atoms with van der Waals surface area (Å²) in [7, 11) is -1.02. The van der Waals surface area contributed by atoms with E-state index in [4.69, 9.17) is 4.74 Å². The lowest BCUT2D eigenvalue weighted by Crippen LogP contribution is -2.54. The number of rotatable bonds is 8. The normalized spacial score (nSPS) is 13.4. The highest BCUT2D eigenvalue weighted by Gasteiger charge is 2.32. The highest BCUT2D eigenvalue weighted by molar-refractivity contribution is 7.91. The van der Waals surface area contributed by atoms with E-state index >= 15 is 0 Å². The molecule has 10 heteroatoms. The van der Waals surface area contributed by atoms with Gasteiger partial charge in [0.1, 0.15) is 11.8 Å². The van der Waals surface area contributed by atoms with Crippen molar-refractivity contribution in [2.45, 2.75) is 25.8 Å². The summed E-state index contributed by atoms with van der Waals surface area (Å²) in [6.45, 7) is 2.17. The fourth-order valence-electron chi connectivity index (χ4n) is 4.33. The molecule has 0 fully saturated rings. The third-order valence-corrected chi connectivity index (χ3v) is 7.68. The number of anilines is 2. The van der Waals surface area contributed by atoms with Gasteiger partial charge in [0.25, 0.3) is 0 Å². The average Bonchev–Trinajstić information content (AvgIpc) is 3.32. The molecule has 1 aliphatic rings. The quantitative estimate of drug-likeness (QED) is 0.473. The summed E-state index contributed by atoms with van der Waals surface area (Å²) in [5.41, 5.74) is 3.90. The Labute approximate surface area is 217 Å². The second kappa shape index (κ2) is 10.9. The van der Waals surface area contributed by atoms with E-state index in [9.17, 15) is 18.0 Å². The highest BCUT2D eigenvalue weighted by Crippen LogP contribution is 2.30. The van der Waals surface area contributed by atoms with Gasteiger partial charge in [-0.1, -0.05) is 48.0 Å². The number of nitrogens with zero attached hydrogens (tertiary/aromatic N) is 2. The molecule has 0 radical (unpaired) electrons. The van der Waals surface area contributed by atoms with Crippen LogP contribution in [-0.2, 0) is 27.8 Å². The van der Waals surface area contributed by atoms with Crippen molar-refractivity contribution in [2.75, 3.05) is 29.9 Å². The Kier molecular flexibility index (Phi) is 7.68. The van der Waals surface area contributed by atoms with E-state index < -0.39 is 28.2 Å². The maximum Gasteiger partial charge on any atom is 0.330 e. The van der Waals surface area contributed by atoms with Crippen molar-refractivity contribution in [3.63, 3.8) is 0 Å². The molecule has 194 valence electrons. The molecule has 1 aliphatic heterocycles. The minimum absolute atomic E-state index is 0.180. The van der Waals surface area contributed by atoms with Crippen LogP contribution in [0.3, 0.4) is 0 Å². The number of methoxy groups -OCH3 is 1. The van der Waals surface area contributed by atoms with Crippen LogP contribution in [0, 0.1) is 6.92 Å². The molecule has 1 unspecified atom stereocenters. The van der Waals surface area contributed by atoms with Gasteiger partial charge < -0.3 is 15.0 Å². The Bertz CT molecular complexity index is 1380. The van der Waals surface area contributed by atoms with Crippen LogP contribution in [0.4, 0.5) is 16.2 Å². The molecule has 4 rings (SSSR count). The third kappa shape index (κ3) is 6.03. The molecule has 3 amide bonds. The molecule has 0 aromatic heterocycles. The number of nitrogens with one attached hydrogen (secondary N) is 2. The number of aryl methyl sites for hydroxylation is 1. The van der Waals surface area contributed by atoms with E-state index in [2.05, 4.69) is 10.0 Å². The second-order valence-electron chi connectivity index (χ2n) is 8.87. The van der Waals surface area contributed by atoms with E-state index in [-0.39, 0.29) is 13.0 Å². The number of carbonyl (C=O) groups is 2. The average molecular weight is 523 g/mol. The van der Waals surface area contributed by atoms with Crippen LogP contribution < -0.4 is 24.0 Å². The Balaban J connectivity index is 1.51. The lowest BCUT2D eigenvalue weighted by molar-refractivity contribution is -0.120. The minimum atomic E-state index is -4.18. The number of urea groups is 1. The van der Waals surface area contributed by atoms with Gasteiger partial charge in [-0.05, 0) is 54.8 Å². The molecule has 0 aliphatic carbocycles. The van der Waals surface area contributed by atoms with Gasteiger partial charge >= 0.3 is 16.2 Å². The fourth-order valence-corrected chi connectivity index (χ4v) is 5.50. The number of carbonyl (C=O) groups excluding carboxylic acids is 2. The van der Waals surface area contributed by atoms with E-state index in [1.165, 1.54) is 9.21 Å². The van der Waals surface area contributed by atoms with Crippen molar-refractivity contribution < 1.29 is 22.7 Å². The smallest absolute Gasteiger partial charge is 0.330 e. The van der Waals surface area contributed by atoms with Crippen LogP contribution in [0.2, 0.25) is 0 Å². The van der Waals surface area contributed by atoms with E-state index in [1.807, 2.05) is 49.4 Å². The molecule has 0 spiro atoms. The first-order chi connectivity index (χ1) is 17.7. The lowest BCUT2D eigenvalue weighted by Gasteiger charge is -2.26. The van der Waals surface area contributed by atoms with Crippen molar-refractivity contribution in [1.82, 2.24) is 10.0 Å². The van der Waals surface area contributed by atoms with E-state index in [0.717, 1.165) is 16.7 Å². The van der Waals surface area contributed by atoms with Gasteiger partial charge in [-0.25, -0.2) is 9.52 Å². The number of hydrogen-bond donors (Lipinski definition) is 2. The van der Waals surface area contributed by atoms with Gasteiger partial charge in [-0.2, -0.15) is 8.42 Å². The summed E-state index contributed by atoms with van der Waals surface area (Å²) in [6.07, 6.45) is 0.737. The number of benzene rings is 3. The third-order valence-electron chi connectivity index (χ3n) is 6.28. The minimum Gasteiger partial charge on any atom is -0.497 e. The zero-order valence-corrected chi connectivity index (χ0v) is 21.8. The number of ether oxygens (including phenoxy) is 1. The van der Waals surface area contributed by atoms with Gasteiger partial charge in [0.05, 0.1) is 12.8 Å². The van der Waals surface area contributed by atoms with Crippen LogP contribution in [0.5, 0.6) is 5.75 Å². The largest absolute Gasteiger partial charge is 0.497 e. The summed E-state index contributed by atoms with van der Waals surface area (Å²) in [6, 6.07) is 19.6. The molecule has 1 heterocycles. The molecule has 2 N–H and O–H groups in total. The Morgan fingerprint density at radius 1 is 1.05 bits per heavy atom. The number of hydrogen-bond acceptors (Lipinski definition) is 5. The summed E-state index contributed by atoms with van der Waals surface area (Å²) >= 11 is 0. The van der Waals surface area contributed by atoms with Gasteiger partial charge in [0.15, 0.2) is 0 Å². The van der Waals surface area contributed by atoms with Crippen LogP contribution >= 0.6 is 0 Å². The topological polar surface area (TPSA) is 108 Å². The molecular weight excluding hydrogens is 492 g/mol. The molecule has 3 aromatic rings. The maximum atomic E-state index is 13.4. The molecule has 9 nitrogen and oxygen atoms in total. The first-order valence-electron chi connectivity index (χ1n) is 11.8. The SMILES string of the molecule is COc1ccc(N(C)C(=O)C(Cc2ccccc2)NC(=O)NS(=O)(=O)N2CCc3cc(C)ccc32)cc1. The fraction of sp³-hybridized carbons (Fsp3) is 0.259. The van der Waals surface area contributed by atoms with Gasteiger partial charge in [-0.15, -0.1) is 0 Å². The lowest BCUT2D eigenvalue weighted by atomic mass is 10.0. The summed E-state index contributed by atoms with van der Waals surface area (Å²) in [4.78, 5) is 27.8. The number of fused-ring (bicyclic) bond motifs is 1. The van der Waals surface area contributed by atoms with Crippen LogP contribution in [-0.4, -0.2) is 47.1 Å². The van der Waals surface area contributed by atoms with Crippen molar-refractivity contribution in [3.8, 4) is 5.75 Å². The van der Waals surface area contributed by atoms with Gasteiger partial charge in [-0.3, -0.25) is 9.10 Å².